The topological polar surface area (TPSA) is 84.0 Å². The number of rotatable bonds is 8. The van der Waals surface area contributed by atoms with Gasteiger partial charge < -0.3 is 4.74 Å². The third-order valence-electron chi connectivity index (χ3n) is 9.15. The molecule has 0 radical (unpaired) electrons. The quantitative estimate of drug-likeness (QED) is 0.200. The minimum Gasteiger partial charge on any atom is -0.498 e. The smallest absolute Gasteiger partial charge is 0.244 e. The van der Waals surface area contributed by atoms with Crippen LogP contribution in [0.2, 0.25) is 0 Å². The van der Waals surface area contributed by atoms with E-state index >= 15 is 0 Å². The average Bonchev–Trinajstić information content (AvgIpc) is 3.05. The molecule has 0 N–H and O–H groups in total. The molecule has 0 spiro atoms. The van der Waals surface area contributed by atoms with E-state index in [-0.39, 0.29) is 22.8 Å². The number of aryl methyl sites for hydroxylation is 3. The molecule has 0 bridgehead atoms. The van der Waals surface area contributed by atoms with Gasteiger partial charge in [0.15, 0.2) is 0 Å². The van der Waals surface area contributed by atoms with E-state index in [2.05, 4.69) is 0 Å². The van der Waals surface area contributed by atoms with Gasteiger partial charge in [0.25, 0.3) is 0 Å². The Morgan fingerprint density at radius 1 is 0.674 bits per heavy atom. The molecule has 6 rings (SSSR count). The van der Waals surface area contributed by atoms with Crippen molar-refractivity contribution in [2.24, 2.45) is 0 Å². The molecule has 9 heteroatoms. The summed E-state index contributed by atoms with van der Waals surface area (Å²) < 4.78 is 67.9. The van der Waals surface area contributed by atoms with Gasteiger partial charge in [0.05, 0.1) is 40.3 Å². The normalized spacial score (nSPS) is 21.2. The lowest BCUT2D eigenvalue weighted by Gasteiger charge is -2.49. The lowest BCUT2D eigenvalue weighted by molar-refractivity contribution is 0.117. The van der Waals surface area contributed by atoms with Crippen LogP contribution in [0.3, 0.4) is 0 Å². The fourth-order valence-electron chi connectivity index (χ4n) is 6.78. The highest BCUT2D eigenvalue weighted by atomic mass is 32.2. The maximum absolute atomic E-state index is 14.8. The van der Waals surface area contributed by atoms with Crippen LogP contribution in [0.5, 0.6) is 0 Å². The second kappa shape index (κ2) is 12.8. The molecule has 0 aliphatic carbocycles. The highest BCUT2D eigenvalue weighted by Crippen LogP contribution is 2.49. The molecule has 2 aliphatic heterocycles. The Morgan fingerprint density at radius 2 is 1.24 bits per heavy atom. The third-order valence-corrected chi connectivity index (χ3v) is 12.9. The Bertz CT molecular complexity index is 1960. The molecule has 1 saturated heterocycles. The molecule has 3 atom stereocenters. The number of hydrogen-bond donors (Lipinski definition) is 0. The molecule has 0 aromatic heterocycles. The number of hydrogen-bond acceptors (Lipinski definition) is 5. The Kier molecular flexibility index (Phi) is 8.95. The van der Waals surface area contributed by atoms with Crippen LogP contribution in [-0.4, -0.2) is 44.6 Å². The minimum absolute atomic E-state index is 0.0101. The zero-order chi connectivity index (χ0) is 32.6. The molecule has 46 heavy (non-hydrogen) atoms. The van der Waals surface area contributed by atoms with E-state index in [0.717, 1.165) is 27.8 Å². The fourth-order valence-corrected chi connectivity index (χ4v) is 10.2. The van der Waals surface area contributed by atoms with E-state index in [1.165, 1.54) is 4.31 Å². The minimum atomic E-state index is -4.04. The van der Waals surface area contributed by atoms with Crippen LogP contribution in [0, 0.1) is 20.8 Å². The molecule has 240 valence electrons. The van der Waals surface area contributed by atoms with Gasteiger partial charge in [-0.3, -0.25) is 0 Å². The average molecular weight is 657 g/mol. The summed E-state index contributed by atoms with van der Waals surface area (Å²) in [6.45, 7) is 8.13. The molecule has 7 nitrogen and oxygen atoms in total. The lowest BCUT2D eigenvalue weighted by atomic mass is 9.83. The zero-order valence-corrected chi connectivity index (χ0v) is 28.3. The van der Waals surface area contributed by atoms with E-state index in [1.54, 1.807) is 40.7 Å². The molecule has 2 heterocycles. The summed E-state index contributed by atoms with van der Waals surface area (Å²) in [5, 5.41) is 0. The van der Waals surface area contributed by atoms with Crippen molar-refractivity contribution in [3.05, 3.63) is 142 Å². The molecule has 2 aliphatic rings. The van der Waals surface area contributed by atoms with Crippen molar-refractivity contribution in [3.8, 4) is 0 Å². The second-order valence-corrected chi connectivity index (χ2v) is 15.9. The van der Waals surface area contributed by atoms with Crippen molar-refractivity contribution in [1.82, 2.24) is 8.61 Å². The number of nitrogens with zero attached hydrogens (tertiary/aromatic N) is 2. The molecule has 1 fully saturated rings. The zero-order valence-electron chi connectivity index (χ0n) is 26.6. The van der Waals surface area contributed by atoms with Crippen LogP contribution in [-0.2, 0) is 24.8 Å². The molecule has 0 amide bonds. The van der Waals surface area contributed by atoms with E-state index in [4.69, 9.17) is 4.74 Å². The van der Waals surface area contributed by atoms with Crippen molar-refractivity contribution < 1.29 is 21.6 Å². The van der Waals surface area contributed by atoms with E-state index < -0.39 is 38.2 Å². The Labute approximate surface area is 273 Å². The van der Waals surface area contributed by atoms with Gasteiger partial charge in [0.2, 0.25) is 20.0 Å². The summed E-state index contributed by atoms with van der Waals surface area (Å²) in [5.74, 6) is 0.659. The summed E-state index contributed by atoms with van der Waals surface area (Å²) >= 11 is 0. The molecular formula is C37H40N2O5S2. The van der Waals surface area contributed by atoms with Crippen LogP contribution in [0.15, 0.2) is 124 Å². The van der Waals surface area contributed by atoms with Crippen molar-refractivity contribution in [2.75, 3.05) is 13.2 Å². The number of piperidine rings is 1. The lowest BCUT2D eigenvalue weighted by Crippen LogP contribution is -2.55. The van der Waals surface area contributed by atoms with E-state index in [1.807, 2.05) is 94.4 Å². The number of ether oxygens (including phenoxy) is 1. The van der Waals surface area contributed by atoms with Gasteiger partial charge in [0, 0.05) is 18.5 Å². The van der Waals surface area contributed by atoms with Crippen LogP contribution in [0.1, 0.15) is 59.7 Å². The van der Waals surface area contributed by atoms with Crippen LogP contribution in [0.25, 0.3) is 0 Å². The standard InChI is InChI=1S/C37H40N2O5S2/c1-5-44-37-24-36(32-14-10-9-11-28(32)4)39(46(42,43)31-21-17-27(3)18-22-31)35-23-34(29-12-7-6-8-13-29)38(25-33(35)37)45(40,41)30-19-15-26(2)16-20-30/h6-22,34-36H,5,23-25H2,1-4H3/t34?,35-,36?/m0/s1. The Hall–Kier alpha value is -3.76. The van der Waals surface area contributed by atoms with Crippen molar-refractivity contribution in [2.45, 2.75) is 68.5 Å². The first-order chi connectivity index (χ1) is 22.0. The molecule has 4 aromatic rings. The third kappa shape index (κ3) is 5.93. The summed E-state index contributed by atoms with van der Waals surface area (Å²) in [6.07, 6.45) is 0.526. The monoisotopic (exact) mass is 656 g/mol. The van der Waals surface area contributed by atoms with Gasteiger partial charge >= 0.3 is 0 Å². The fraction of sp³-hybridized carbons (Fsp3) is 0.297. The van der Waals surface area contributed by atoms with Crippen molar-refractivity contribution >= 4 is 20.0 Å². The Morgan fingerprint density at radius 3 is 1.83 bits per heavy atom. The molecule has 4 aromatic carbocycles. The summed E-state index contributed by atoms with van der Waals surface area (Å²) in [6, 6.07) is 29.4. The highest BCUT2D eigenvalue weighted by molar-refractivity contribution is 7.89. The maximum Gasteiger partial charge on any atom is 0.244 e. The Balaban J connectivity index is 1.57. The number of sulfonamides is 2. The van der Waals surface area contributed by atoms with Gasteiger partial charge in [-0.15, -0.1) is 0 Å². The van der Waals surface area contributed by atoms with Crippen molar-refractivity contribution in [3.63, 3.8) is 0 Å². The first-order valence-corrected chi connectivity index (χ1v) is 18.5. The first kappa shape index (κ1) is 32.2. The SMILES string of the molecule is CCOC1=C2CN(S(=O)(=O)c3ccc(C)cc3)C(c3ccccc3)C[C@@H]2N(S(=O)(=O)c2ccc(C)cc2)C(c2ccccc2C)C1. The summed E-state index contributed by atoms with van der Waals surface area (Å²) in [5.41, 5.74) is 5.30. The highest BCUT2D eigenvalue weighted by Gasteiger charge is 2.51. The first-order valence-electron chi connectivity index (χ1n) is 15.7. The summed E-state index contributed by atoms with van der Waals surface area (Å²) in [7, 11) is -8.01. The van der Waals surface area contributed by atoms with Crippen molar-refractivity contribution in [1.29, 1.82) is 0 Å². The van der Waals surface area contributed by atoms with E-state index in [9.17, 15) is 16.8 Å². The predicted octanol–water partition coefficient (Wildman–Crippen LogP) is 7.24. The molecule has 2 unspecified atom stereocenters. The largest absolute Gasteiger partial charge is 0.498 e. The molecular weight excluding hydrogens is 617 g/mol. The van der Waals surface area contributed by atoms with E-state index in [0.29, 0.717) is 24.4 Å². The maximum atomic E-state index is 14.8. The van der Waals surface area contributed by atoms with Gasteiger partial charge in [-0.05, 0) is 75.1 Å². The van der Waals surface area contributed by atoms with Crippen LogP contribution in [0.4, 0.5) is 0 Å². The second-order valence-electron chi connectivity index (χ2n) is 12.1. The van der Waals surface area contributed by atoms with Crippen LogP contribution >= 0.6 is 0 Å². The van der Waals surface area contributed by atoms with Gasteiger partial charge in [-0.2, -0.15) is 8.61 Å². The predicted molar refractivity (Wildman–Crippen MR) is 180 cm³/mol. The van der Waals surface area contributed by atoms with Gasteiger partial charge in [-0.1, -0.05) is 90.0 Å². The number of fused-ring (bicyclic) bond motifs is 1. The summed E-state index contributed by atoms with van der Waals surface area (Å²) in [4.78, 5) is 0.413. The van der Waals surface area contributed by atoms with Crippen LogP contribution < -0.4 is 0 Å². The molecule has 0 saturated carbocycles. The number of benzene rings is 4. The van der Waals surface area contributed by atoms with Gasteiger partial charge in [0.1, 0.15) is 0 Å². The van der Waals surface area contributed by atoms with Gasteiger partial charge in [-0.25, -0.2) is 16.8 Å².